The number of benzene rings is 1. The zero-order valence-electron chi connectivity index (χ0n) is 9.44. The summed E-state index contributed by atoms with van der Waals surface area (Å²) in [6, 6.07) is 3.90. The van der Waals surface area contributed by atoms with Gasteiger partial charge in [-0.2, -0.15) is 0 Å². The smallest absolute Gasteiger partial charge is 0.271 e. The molecule has 92 valence electrons. The predicted octanol–water partition coefficient (Wildman–Crippen LogP) is 1.75. The molecule has 0 aliphatic rings. The fourth-order valence-electron chi connectivity index (χ4n) is 1.20. The van der Waals surface area contributed by atoms with Crippen molar-refractivity contribution < 1.29 is 9.72 Å². The molecule has 17 heavy (non-hydrogen) atoms. The first-order valence-corrected chi connectivity index (χ1v) is 5.16. The molecule has 0 aliphatic heterocycles. The van der Waals surface area contributed by atoms with Gasteiger partial charge in [-0.3, -0.25) is 14.9 Å². The molecule has 0 spiro atoms. The lowest BCUT2D eigenvalue weighted by Crippen LogP contribution is -2.27. The van der Waals surface area contributed by atoms with E-state index in [1.54, 1.807) is 19.0 Å². The number of amides is 1. The summed E-state index contributed by atoms with van der Waals surface area (Å²) in [7, 11) is 3.52. The number of hydrogen-bond acceptors (Lipinski definition) is 4. The number of nitrogens with one attached hydrogen (secondary N) is 1. The van der Waals surface area contributed by atoms with Gasteiger partial charge in [-0.25, -0.2) is 0 Å². The van der Waals surface area contributed by atoms with E-state index in [-0.39, 0.29) is 23.2 Å². The van der Waals surface area contributed by atoms with Gasteiger partial charge >= 0.3 is 0 Å². The van der Waals surface area contributed by atoms with Crippen molar-refractivity contribution in [2.24, 2.45) is 0 Å². The van der Waals surface area contributed by atoms with Crippen molar-refractivity contribution in [3.05, 3.63) is 33.3 Å². The molecule has 0 saturated heterocycles. The number of anilines is 1. The van der Waals surface area contributed by atoms with Crippen LogP contribution in [0.15, 0.2) is 18.2 Å². The highest BCUT2D eigenvalue weighted by Gasteiger charge is 2.11. The number of non-ortho nitro benzene ring substituents is 1. The van der Waals surface area contributed by atoms with E-state index in [9.17, 15) is 14.9 Å². The van der Waals surface area contributed by atoms with E-state index in [2.05, 4.69) is 5.32 Å². The molecule has 1 aromatic carbocycles. The quantitative estimate of drug-likeness (QED) is 0.659. The number of carbonyl (C=O) groups is 1. The number of hydrogen-bond donors (Lipinski definition) is 1. The van der Waals surface area contributed by atoms with Gasteiger partial charge in [0, 0.05) is 12.1 Å². The highest BCUT2D eigenvalue weighted by Crippen LogP contribution is 2.26. The first kappa shape index (κ1) is 13.4. The minimum atomic E-state index is -0.544. The van der Waals surface area contributed by atoms with Crippen LogP contribution in [0.4, 0.5) is 11.4 Å². The molecule has 0 atom stereocenters. The first-order chi connectivity index (χ1) is 7.90. The van der Waals surface area contributed by atoms with Gasteiger partial charge in [-0.15, -0.1) is 0 Å². The molecule has 0 saturated carbocycles. The van der Waals surface area contributed by atoms with Crippen molar-refractivity contribution in [3.8, 4) is 0 Å². The third kappa shape index (κ3) is 4.01. The van der Waals surface area contributed by atoms with Crippen LogP contribution in [0.1, 0.15) is 0 Å². The molecule has 0 radical (unpaired) electrons. The van der Waals surface area contributed by atoms with Crippen LogP contribution >= 0.6 is 11.6 Å². The summed E-state index contributed by atoms with van der Waals surface area (Å²) in [4.78, 5) is 23.1. The van der Waals surface area contributed by atoms with Crippen molar-refractivity contribution in [3.63, 3.8) is 0 Å². The molecular formula is C10H12ClN3O3. The van der Waals surface area contributed by atoms with Gasteiger partial charge in [0.15, 0.2) is 0 Å². The molecule has 0 unspecified atom stereocenters. The number of rotatable bonds is 4. The molecule has 0 bridgehead atoms. The van der Waals surface area contributed by atoms with E-state index in [1.165, 1.54) is 18.2 Å². The Morgan fingerprint density at radius 2 is 2.18 bits per heavy atom. The number of carbonyl (C=O) groups excluding carboxylic acids is 1. The van der Waals surface area contributed by atoms with Gasteiger partial charge in [0.05, 0.1) is 22.2 Å². The Kier molecular flexibility index (Phi) is 4.42. The van der Waals surface area contributed by atoms with E-state index in [4.69, 9.17) is 11.6 Å². The molecule has 0 aromatic heterocycles. The third-order valence-electron chi connectivity index (χ3n) is 1.90. The van der Waals surface area contributed by atoms with Crippen LogP contribution in [0.2, 0.25) is 5.02 Å². The standard InChI is InChI=1S/C10H12ClN3O3/c1-13(2)6-10(15)12-9-4-3-7(14(16)17)5-8(9)11/h3-5H,6H2,1-2H3,(H,12,15). The first-order valence-electron chi connectivity index (χ1n) is 4.78. The van der Waals surface area contributed by atoms with Crippen LogP contribution in [0.25, 0.3) is 0 Å². The van der Waals surface area contributed by atoms with Crippen molar-refractivity contribution in [2.75, 3.05) is 26.0 Å². The van der Waals surface area contributed by atoms with Crippen LogP contribution in [0.5, 0.6) is 0 Å². The van der Waals surface area contributed by atoms with Crippen LogP contribution in [0, 0.1) is 10.1 Å². The fraction of sp³-hybridized carbons (Fsp3) is 0.300. The summed E-state index contributed by atoms with van der Waals surface area (Å²) in [5, 5.41) is 13.2. The molecule has 0 heterocycles. The maximum absolute atomic E-state index is 11.4. The Labute approximate surface area is 103 Å². The Balaban J connectivity index is 2.79. The van der Waals surface area contributed by atoms with Gasteiger partial charge in [0.1, 0.15) is 0 Å². The molecule has 1 aromatic rings. The fourth-order valence-corrected chi connectivity index (χ4v) is 1.42. The number of nitro benzene ring substituents is 1. The number of likely N-dealkylation sites (N-methyl/N-ethyl adjacent to an activating group) is 1. The maximum Gasteiger partial charge on any atom is 0.271 e. The number of nitro groups is 1. The topological polar surface area (TPSA) is 75.5 Å². The van der Waals surface area contributed by atoms with Crippen molar-refractivity contribution >= 4 is 28.9 Å². The maximum atomic E-state index is 11.4. The minimum Gasteiger partial charge on any atom is -0.324 e. The van der Waals surface area contributed by atoms with E-state index in [0.717, 1.165) is 0 Å². The van der Waals surface area contributed by atoms with E-state index in [1.807, 2.05) is 0 Å². The van der Waals surface area contributed by atoms with Crippen LogP contribution in [-0.2, 0) is 4.79 Å². The molecule has 1 rings (SSSR count). The van der Waals surface area contributed by atoms with Gasteiger partial charge < -0.3 is 10.2 Å². The average molecular weight is 258 g/mol. The Hall–Kier alpha value is -1.66. The van der Waals surface area contributed by atoms with Gasteiger partial charge in [0.2, 0.25) is 5.91 Å². The summed E-state index contributed by atoms with van der Waals surface area (Å²) in [6.07, 6.45) is 0. The third-order valence-corrected chi connectivity index (χ3v) is 2.21. The summed E-state index contributed by atoms with van der Waals surface area (Å²) in [5.74, 6) is -0.231. The summed E-state index contributed by atoms with van der Waals surface area (Å²) >= 11 is 5.82. The lowest BCUT2D eigenvalue weighted by Gasteiger charge is -2.10. The van der Waals surface area contributed by atoms with Crippen LogP contribution < -0.4 is 5.32 Å². The van der Waals surface area contributed by atoms with Gasteiger partial charge in [-0.1, -0.05) is 11.6 Å². The monoisotopic (exact) mass is 257 g/mol. The molecule has 0 aliphatic carbocycles. The number of nitrogens with zero attached hydrogens (tertiary/aromatic N) is 2. The van der Waals surface area contributed by atoms with Crippen molar-refractivity contribution in [2.45, 2.75) is 0 Å². The average Bonchev–Trinajstić information content (AvgIpc) is 2.19. The lowest BCUT2D eigenvalue weighted by atomic mass is 10.3. The summed E-state index contributed by atoms with van der Waals surface area (Å²) in [6.45, 7) is 0.216. The second kappa shape index (κ2) is 5.60. The Bertz CT molecular complexity index is 448. The zero-order chi connectivity index (χ0) is 13.0. The van der Waals surface area contributed by atoms with E-state index >= 15 is 0 Å². The molecule has 7 heteroatoms. The van der Waals surface area contributed by atoms with Crippen LogP contribution in [0.3, 0.4) is 0 Å². The second-order valence-electron chi connectivity index (χ2n) is 3.71. The van der Waals surface area contributed by atoms with E-state index in [0.29, 0.717) is 5.69 Å². The van der Waals surface area contributed by atoms with Crippen LogP contribution in [-0.4, -0.2) is 36.4 Å². The van der Waals surface area contributed by atoms with Gasteiger partial charge in [-0.05, 0) is 20.2 Å². The minimum absolute atomic E-state index is 0.111. The molecule has 6 nitrogen and oxygen atoms in total. The molecule has 1 N–H and O–H groups in total. The second-order valence-corrected chi connectivity index (χ2v) is 4.11. The predicted molar refractivity (Wildman–Crippen MR) is 65.3 cm³/mol. The highest BCUT2D eigenvalue weighted by atomic mass is 35.5. The SMILES string of the molecule is CN(C)CC(=O)Nc1ccc([N+](=O)[O-])cc1Cl. The summed E-state index contributed by atoms with van der Waals surface area (Å²) < 4.78 is 0. The van der Waals surface area contributed by atoms with E-state index < -0.39 is 4.92 Å². The Morgan fingerprint density at radius 1 is 1.53 bits per heavy atom. The summed E-state index contributed by atoms with van der Waals surface area (Å²) in [5.41, 5.74) is 0.254. The van der Waals surface area contributed by atoms with Crippen molar-refractivity contribution in [1.29, 1.82) is 0 Å². The largest absolute Gasteiger partial charge is 0.324 e. The number of halogens is 1. The normalized spacial score (nSPS) is 10.4. The Morgan fingerprint density at radius 3 is 2.65 bits per heavy atom. The molecular weight excluding hydrogens is 246 g/mol. The molecule has 0 fully saturated rings. The van der Waals surface area contributed by atoms with Gasteiger partial charge in [0.25, 0.3) is 5.69 Å². The zero-order valence-corrected chi connectivity index (χ0v) is 10.2. The molecule has 1 amide bonds. The highest BCUT2D eigenvalue weighted by molar-refractivity contribution is 6.34. The lowest BCUT2D eigenvalue weighted by molar-refractivity contribution is -0.384. The van der Waals surface area contributed by atoms with Crippen molar-refractivity contribution in [1.82, 2.24) is 4.90 Å².